The van der Waals surface area contributed by atoms with Crippen LogP contribution >= 0.6 is 12.2 Å². The van der Waals surface area contributed by atoms with Crippen molar-refractivity contribution in [3.05, 3.63) is 71.0 Å². The summed E-state index contributed by atoms with van der Waals surface area (Å²) in [5.74, 6) is 1.04. The summed E-state index contributed by atoms with van der Waals surface area (Å²) in [5.41, 5.74) is 2.50. The Morgan fingerprint density at radius 2 is 1.68 bits per heavy atom. The second kappa shape index (κ2) is 8.67. The predicted molar refractivity (Wildman–Crippen MR) is 114 cm³/mol. The van der Waals surface area contributed by atoms with E-state index in [4.69, 9.17) is 17.3 Å². The molecule has 0 bridgehead atoms. The smallest absolute Gasteiger partial charge is 0.199 e. The molecule has 0 radical (unpaired) electrons. The van der Waals surface area contributed by atoms with Crippen molar-refractivity contribution in [3.8, 4) is 0 Å². The number of pyridine rings is 1. The van der Waals surface area contributed by atoms with Gasteiger partial charge in [0.1, 0.15) is 5.82 Å². The molecule has 4 rings (SSSR count). The quantitative estimate of drug-likeness (QED) is 0.601. The van der Waals surface area contributed by atoms with Crippen molar-refractivity contribution >= 4 is 17.9 Å². The van der Waals surface area contributed by atoms with Gasteiger partial charge in [-0.1, -0.05) is 30.3 Å². The van der Waals surface area contributed by atoms with E-state index in [2.05, 4.69) is 62.7 Å². The van der Waals surface area contributed by atoms with Crippen LogP contribution in [0.4, 0.5) is 5.69 Å². The van der Waals surface area contributed by atoms with Crippen LogP contribution in [-0.2, 0) is 19.6 Å². The highest BCUT2D eigenvalue weighted by molar-refractivity contribution is 7.71. The van der Waals surface area contributed by atoms with Crippen LogP contribution in [0, 0.1) is 4.77 Å². The Kier molecular flexibility index (Phi) is 5.83. The molecule has 1 fully saturated rings. The molecule has 0 saturated carbocycles. The Morgan fingerprint density at radius 3 is 2.36 bits per heavy atom. The van der Waals surface area contributed by atoms with Gasteiger partial charge in [0.05, 0.1) is 6.67 Å². The van der Waals surface area contributed by atoms with E-state index in [1.165, 1.54) is 11.3 Å². The summed E-state index contributed by atoms with van der Waals surface area (Å²) in [5, 5.41) is 4.86. The van der Waals surface area contributed by atoms with Gasteiger partial charge in [0.15, 0.2) is 4.77 Å². The summed E-state index contributed by atoms with van der Waals surface area (Å²) in [7, 11) is 0. The number of aromatic nitrogens is 4. The molecule has 1 aliphatic heterocycles. The van der Waals surface area contributed by atoms with Crippen molar-refractivity contribution in [1.82, 2.24) is 24.2 Å². The first kappa shape index (κ1) is 18.8. The number of rotatable bonds is 6. The zero-order valence-electron chi connectivity index (χ0n) is 16.2. The van der Waals surface area contributed by atoms with Crippen LogP contribution in [0.25, 0.3) is 0 Å². The number of nitrogens with zero attached hydrogens (tertiary/aromatic N) is 6. The Balaban J connectivity index is 1.43. The van der Waals surface area contributed by atoms with E-state index in [1.807, 2.05) is 23.1 Å². The molecule has 7 heteroatoms. The average molecular weight is 395 g/mol. The van der Waals surface area contributed by atoms with Gasteiger partial charge < -0.3 is 9.47 Å². The van der Waals surface area contributed by atoms with E-state index < -0.39 is 0 Å². The fraction of sp³-hybridized carbons (Fsp3) is 0.381. The maximum Gasteiger partial charge on any atom is 0.199 e. The SMILES string of the molecule is CCn1c(Cc2ccccc2)nn(CN2CCN(c3ccncc3)CC2)c1=S. The lowest BCUT2D eigenvalue weighted by molar-refractivity contribution is 0.194. The van der Waals surface area contributed by atoms with Gasteiger partial charge in [-0.15, -0.1) is 0 Å². The highest BCUT2D eigenvalue weighted by Gasteiger charge is 2.19. The first-order chi connectivity index (χ1) is 13.7. The van der Waals surface area contributed by atoms with Crippen molar-refractivity contribution < 1.29 is 0 Å². The molecule has 0 atom stereocenters. The summed E-state index contributed by atoms with van der Waals surface area (Å²) < 4.78 is 4.94. The third-order valence-corrected chi connectivity index (χ3v) is 5.69. The first-order valence-corrected chi connectivity index (χ1v) is 10.2. The van der Waals surface area contributed by atoms with Crippen LogP contribution in [0.3, 0.4) is 0 Å². The minimum atomic E-state index is 0.748. The molecule has 1 aliphatic rings. The molecule has 0 spiro atoms. The lowest BCUT2D eigenvalue weighted by Gasteiger charge is -2.35. The molecule has 0 N–H and O–H groups in total. The van der Waals surface area contributed by atoms with Gasteiger partial charge in [-0.05, 0) is 36.8 Å². The molecule has 1 aromatic carbocycles. The summed E-state index contributed by atoms with van der Waals surface area (Å²) in [6.07, 6.45) is 4.51. The number of anilines is 1. The van der Waals surface area contributed by atoms with Crippen molar-refractivity contribution in [2.75, 3.05) is 31.1 Å². The third kappa shape index (κ3) is 4.15. The van der Waals surface area contributed by atoms with Gasteiger partial charge in [-0.2, -0.15) is 5.10 Å². The standard InChI is InChI=1S/C21H26N6S/c1-2-26-20(16-18-6-4-3-5-7-18)23-27(21(26)28)17-24-12-14-25(15-13-24)19-8-10-22-11-9-19/h3-11H,2,12-17H2,1H3. The molecule has 146 valence electrons. The Labute approximate surface area is 171 Å². The Bertz CT molecular complexity index is 942. The normalized spacial score (nSPS) is 15.1. The fourth-order valence-electron chi connectivity index (χ4n) is 3.70. The third-order valence-electron chi connectivity index (χ3n) is 5.25. The molecule has 0 aliphatic carbocycles. The Morgan fingerprint density at radius 1 is 0.964 bits per heavy atom. The molecular formula is C21H26N6S. The summed E-state index contributed by atoms with van der Waals surface area (Å²) >= 11 is 5.72. The summed E-state index contributed by atoms with van der Waals surface area (Å²) in [4.78, 5) is 8.94. The summed E-state index contributed by atoms with van der Waals surface area (Å²) in [6, 6.07) is 14.6. The van der Waals surface area contributed by atoms with Crippen LogP contribution in [0.1, 0.15) is 18.3 Å². The summed E-state index contributed by atoms with van der Waals surface area (Å²) in [6.45, 7) is 7.72. The molecule has 1 saturated heterocycles. The van der Waals surface area contributed by atoms with E-state index in [1.54, 1.807) is 0 Å². The van der Waals surface area contributed by atoms with E-state index in [9.17, 15) is 0 Å². The van der Waals surface area contributed by atoms with Crippen molar-refractivity contribution in [1.29, 1.82) is 0 Å². The molecule has 6 nitrogen and oxygen atoms in total. The largest absolute Gasteiger partial charge is 0.369 e. The molecule has 28 heavy (non-hydrogen) atoms. The van der Waals surface area contributed by atoms with E-state index in [0.29, 0.717) is 0 Å². The van der Waals surface area contributed by atoms with E-state index in [-0.39, 0.29) is 0 Å². The number of piperazine rings is 1. The van der Waals surface area contributed by atoms with Crippen LogP contribution in [-0.4, -0.2) is 50.4 Å². The van der Waals surface area contributed by atoms with Crippen molar-refractivity contribution in [2.45, 2.75) is 26.6 Å². The van der Waals surface area contributed by atoms with Crippen LogP contribution < -0.4 is 4.90 Å². The zero-order chi connectivity index (χ0) is 19.3. The minimum absolute atomic E-state index is 0.748. The molecule has 3 aromatic rings. The fourth-order valence-corrected chi connectivity index (χ4v) is 4.03. The lowest BCUT2D eigenvalue weighted by atomic mass is 10.1. The second-order valence-electron chi connectivity index (χ2n) is 7.06. The number of hydrogen-bond acceptors (Lipinski definition) is 5. The van der Waals surface area contributed by atoms with Gasteiger partial charge in [-0.25, -0.2) is 4.68 Å². The molecule has 0 amide bonds. The lowest BCUT2D eigenvalue weighted by Crippen LogP contribution is -2.47. The maximum absolute atomic E-state index is 5.72. The average Bonchev–Trinajstić information content (AvgIpc) is 3.04. The topological polar surface area (TPSA) is 42.1 Å². The first-order valence-electron chi connectivity index (χ1n) is 9.82. The highest BCUT2D eigenvalue weighted by Crippen LogP contribution is 2.16. The maximum atomic E-state index is 5.72. The van der Waals surface area contributed by atoms with Crippen LogP contribution in [0.2, 0.25) is 0 Å². The number of benzene rings is 1. The van der Waals surface area contributed by atoms with Gasteiger partial charge >= 0.3 is 0 Å². The van der Waals surface area contributed by atoms with Crippen molar-refractivity contribution in [2.24, 2.45) is 0 Å². The highest BCUT2D eigenvalue weighted by atomic mass is 32.1. The molecule has 2 aromatic heterocycles. The van der Waals surface area contributed by atoms with Gasteiger partial charge in [0, 0.05) is 57.2 Å². The minimum Gasteiger partial charge on any atom is -0.369 e. The van der Waals surface area contributed by atoms with E-state index >= 15 is 0 Å². The van der Waals surface area contributed by atoms with Crippen LogP contribution in [0.5, 0.6) is 0 Å². The number of hydrogen-bond donors (Lipinski definition) is 0. The van der Waals surface area contributed by atoms with Gasteiger partial charge in [0.2, 0.25) is 0 Å². The predicted octanol–water partition coefficient (Wildman–Crippen LogP) is 3.20. The van der Waals surface area contributed by atoms with Gasteiger partial charge in [-0.3, -0.25) is 9.88 Å². The van der Waals surface area contributed by atoms with Crippen LogP contribution in [0.15, 0.2) is 54.9 Å². The molecule has 3 heterocycles. The van der Waals surface area contributed by atoms with Crippen molar-refractivity contribution in [3.63, 3.8) is 0 Å². The zero-order valence-corrected chi connectivity index (χ0v) is 17.1. The second-order valence-corrected chi connectivity index (χ2v) is 7.42. The monoisotopic (exact) mass is 394 g/mol. The van der Waals surface area contributed by atoms with Gasteiger partial charge in [0.25, 0.3) is 0 Å². The van der Waals surface area contributed by atoms with E-state index in [0.717, 1.165) is 56.4 Å². The molecule has 0 unspecified atom stereocenters. The molecular weight excluding hydrogens is 368 g/mol. The Hall–Kier alpha value is -2.51.